The molecule has 120 valence electrons. The fraction of sp³-hybridized carbons (Fsp3) is 0.714. The van der Waals surface area contributed by atoms with Gasteiger partial charge in [-0.05, 0) is 30.8 Å². The Morgan fingerprint density at radius 3 is 2.90 bits per heavy atom. The number of rotatable bonds is 6. The van der Waals surface area contributed by atoms with Crippen LogP contribution in [0.3, 0.4) is 0 Å². The minimum atomic E-state index is -3.36. The van der Waals surface area contributed by atoms with Crippen molar-refractivity contribution in [3.8, 4) is 0 Å². The van der Waals surface area contributed by atoms with Gasteiger partial charge in [-0.2, -0.15) is 16.1 Å². The molecule has 1 atom stereocenters. The second-order valence-electron chi connectivity index (χ2n) is 5.39. The molecule has 0 bridgehead atoms. The molecule has 0 saturated carbocycles. The minimum absolute atomic E-state index is 0.370. The van der Waals surface area contributed by atoms with Gasteiger partial charge in [0.15, 0.2) is 0 Å². The molecule has 1 aliphatic rings. The van der Waals surface area contributed by atoms with E-state index in [0.29, 0.717) is 29.8 Å². The van der Waals surface area contributed by atoms with Crippen LogP contribution in [0, 0.1) is 6.92 Å². The SMILES string of the molecule is CCCNCc1scc(C)c1S(=O)(=O)N1CCSC(C)C1. The van der Waals surface area contributed by atoms with E-state index in [4.69, 9.17) is 0 Å². The van der Waals surface area contributed by atoms with E-state index in [2.05, 4.69) is 19.2 Å². The lowest BCUT2D eigenvalue weighted by atomic mass is 10.3. The fourth-order valence-corrected chi connectivity index (χ4v) is 6.95. The van der Waals surface area contributed by atoms with Crippen LogP contribution in [0.2, 0.25) is 0 Å². The maximum absolute atomic E-state index is 13.0. The van der Waals surface area contributed by atoms with Crippen LogP contribution in [0.25, 0.3) is 0 Å². The van der Waals surface area contributed by atoms with Gasteiger partial charge in [0, 0.05) is 35.5 Å². The van der Waals surface area contributed by atoms with Gasteiger partial charge in [-0.1, -0.05) is 13.8 Å². The highest BCUT2D eigenvalue weighted by Crippen LogP contribution is 2.31. The second kappa shape index (κ2) is 7.46. The minimum Gasteiger partial charge on any atom is -0.312 e. The molecule has 1 saturated heterocycles. The van der Waals surface area contributed by atoms with Crippen LogP contribution in [-0.4, -0.2) is 43.4 Å². The van der Waals surface area contributed by atoms with E-state index in [9.17, 15) is 8.42 Å². The van der Waals surface area contributed by atoms with Gasteiger partial charge in [-0.25, -0.2) is 8.42 Å². The monoisotopic (exact) mass is 348 g/mol. The van der Waals surface area contributed by atoms with Crippen molar-refractivity contribution < 1.29 is 8.42 Å². The van der Waals surface area contributed by atoms with Crippen LogP contribution in [0.1, 0.15) is 30.7 Å². The maximum Gasteiger partial charge on any atom is 0.244 e. The van der Waals surface area contributed by atoms with Crippen molar-refractivity contribution in [1.82, 2.24) is 9.62 Å². The quantitative estimate of drug-likeness (QED) is 0.803. The fourth-order valence-electron chi connectivity index (χ4n) is 2.47. The Bertz CT molecular complexity index is 569. The lowest BCUT2D eigenvalue weighted by molar-refractivity contribution is 0.423. The zero-order valence-electron chi connectivity index (χ0n) is 12.9. The van der Waals surface area contributed by atoms with Gasteiger partial charge in [-0.3, -0.25) is 0 Å². The third kappa shape index (κ3) is 4.01. The molecule has 21 heavy (non-hydrogen) atoms. The molecule has 0 aliphatic carbocycles. The van der Waals surface area contributed by atoms with E-state index in [0.717, 1.165) is 29.2 Å². The predicted octanol–water partition coefficient (Wildman–Crippen LogP) is 2.68. The lowest BCUT2D eigenvalue weighted by Crippen LogP contribution is -2.41. The summed E-state index contributed by atoms with van der Waals surface area (Å²) >= 11 is 3.39. The van der Waals surface area contributed by atoms with E-state index in [1.165, 1.54) is 0 Å². The first-order valence-electron chi connectivity index (χ1n) is 7.36. The highest BCUT2D eigenvalue weighted by molar-refractivity contribution is 8.00. The Balaban J connectivity index is 2.24. The Kier molecular flexibility index (Phi) is 6.14. The third-order valence-corrected chi connectivity index (χ3v) is 7.97. The third-order valence-electron chi connectivity index (χ3n) is 3.50. The Labute approximate surface area is 136 Å². The smallest absolute Gasteiger partial charge is 0.244 e. The standard InChI is InChI=1S/C14H24N2O2S3/c1-4-5-15-8-13-14(11(2)10-20-13)21(17,18)16-6-7-19-12(3)9-16/h10,12,15H,4-9H2,1-3H3. The van der Waals surface area contributed by atoms with E-state index in [-0.39, 0.29) is 0 Å². The first kappa shape index (κ1) is 17.3. The van der Waals surface area contributed by atoms with Gasteiger partial charge in [-0.15, -0.1) is 11.3 Å². The summed E-state index contributed by atoms with van der Waals surface area (Å²) in [4.78, 5) is 1.47. The molecule has 0 aromatic carbocycles. The summed E-state index contributed by atoms with van der Waals surface area (Å²) in [7, 11) is -3.36. The number of nitrogens with one attached hydrogen (secondary N) is 1. The summed E-state index contributed by atoms with van der Waals surface area (Å²) in [5, 5.41) is 5.64. The summed E-state index contributed by atoms with van der Waals surface area (Å²) in [6, 6.07) is 0. The van der Waals surface area contributed by atoms with E-state index in [1.807, 2.05) is 24.1 Å². The highest BCUT2D eigenvalue weighted by atomic mass is 32.2. The first-order chi connectivity index (χ1) is 9.96. The molecule has 4 nitrogen and oxygen atoms in total. The topological polar surface area (TPSA) is 49.4 Å². The van der Waals surface area contributed by atoms with Gasteiger partial charge in [0.25, 0.3) is 0 Å². The van der Waals surface area contributed by atoms with Crippen molar-refractivity contribution in [1.29, 1.82) is 0 Å². The molecular weight excluding hydrogens is 324 g/mol. The average Bonchev–Trinajstić information content (AvgIpc) is 2.81. The van der Waals surface area contributed by atoms with Crippen molar-refractivity contribution in [3.63, 3.8) is 0 Å². The molecule has 1 unspecified atom stereocenters. The van der Waals surface area contributed by atoms with Gasteiger partial charge >= 0.3 is 0 Å². The number of thioether (sulfide) groups is 1. The van der Waals surface area contributed by atoms with Gasteiger partial charge in [0.05, 0.1) is 0 Å². The van der Waals surface area contributed by atoms with Crippen molar-refractivity contribution in [2.75, 3.05) is 25.4 Å². The van der Waals surface area contributed by atoms with Gasteiger partial charge < -0.3 is 5.32 Å². The van der Waals surface area contributed by atoms with Crippen LogP contribution in [0.4, 0.5) is 0 Å². The highest BCUT2D eigenvalue weighted by Gasteiger charge is 2.32. The summed E-state index contributed by atoms with van der Waals surface area (Å²) in [6.07, 6.45) is 1.05. The molecule has 0 radical (unpaired) electrons. The first-order valence-corrected chi connectivity index (χ1v) is 10.7. The number of thiophene rings is 1. The summed E-state index contributed by atoms with van der Waals surface area (Å²) in [6.45, 7) is 8.88. The predicted molar refractivity (Wildman–Crippen MR) is 91.7 cm³/mol. The number of aryl methyl sites for hydroxylation is 1. The molecule has 2 rings (SSSR count). The molecule has 1 fully saturated rings. The largest absolute Gasteiger partial charge is 0.312 e. The second-order valence-corrected chi connectivity index (χ2v) is 9.78. The number of hydrogen-bond donors (Lipinski definition) is 1. The number of nitrogens with zero attached hydrogens (tertiary/aromatic N) is 1. The summed E-state index contributed by atoms with van der Waals surface area (Å²) < 4.78 is 27.6. The molecule has 1 aromatic rings. The molecule has 1 N–H and O–H groups in total. The zero-order valence-corrected chi connectivity index (χ0v) is 15.3. The van der Waals surface area contributed by atoms with Crippen LogP contribution in [0.15, 0.2) is 10.3 Å². The average molecular weight is 349 g/mol. The van der Waals surface area contributed by atoms with Gasteiger partial charge in [0.1, 0.15) is 4.90 Å². The summed E-state index contributed by atoms with van der Waals surface area (Å²) in [5.74, 6) is 0.882. The Morgan fingerprint density at radius 1 is 1.48 bits per heavy atom. The van der Waals surface area contributed by atoms with Crippen LogP contribution in [0.5, 0.6) is 0 Å². The Morgan fingerprint density at radius 2 is 2.24 bits per heavy atom. The molecule has 2 heterocycles. The molecule has 7 heteroatoms. The van der Waals surface area contributed by atoms with Crippen molar-refractivity contribution in [2.45, 2.75) is 43.9 Å². The van der Waals surface area contributed by atoms with Crippen molar-refractivity contribution >= 4 is 33.1 Å². The van der Waals surface area contributed by atoms with Crippen molar-refractivity contribution in [3.05, 3.63) is 15.8 Å². The zero-order chi connectivity index (χ0) is 15.5. The number of hydrogen-bond acceptors (Lipinski definition) is 5. The van der Waals surface area contributed by atoms with Crippen LogP contribution < -0.4 is 5.32 Å². The molecular formula is C14H24N2O2S3. The molecule has 1 aliphatic heterocycles. The maximum atomic E-state index is 13.0. The van der Waals surface area contributed by atoms with Crippen LogP contribution in [-0.2, 0) is 16.6 Å². The van der Waals surface area contributed by atoms with Crippen LogP contribution >= 0.6 is 23.1 Å². The van der Waals surface area contributed by atoms with E-state index >= 15 is 0 Å². The lowest BCUT2D eigenvalue weighted by Gasteiger charge is -2.30. The van der Waals surface area contributed by atoms with E-state index < -0.39 is 10.0 Å². The van der Waals surface area contributed by atoms with E-state index in [1.54, 1.807) is 15.6 Å². The van der Waals surface area contributed by atoms with Gasteiger partial charge in [0.2, 0.25) is 10.0 Å². The molecule has 0 spiro atoms. The summed E-state index contributed by atoms with van der Waals surface area (Å²) in [5.41, 5.74) is 0.874. The Hall–Kier alpha value is -0.0800. The molecule has 0 amide bonds. The normalized spacial score (nSPS) is 20.8. The van der Waals surface area contributed by atoms with Crippen molar-refractivity contribution in [2.24, 2.45) is 0 Å². The molecule has 1 aromatic heterocycles. The number of sulfonamides is 1.